The van der Waals surface area contributed by atoms with Crippen LogP contribution in [0.1, 0.15) is 18.9 Å². The topological polar surface area (TPSA) is 55.1 Å². The predicted octanol–water partition coefficient (Wildman–Crippen LogP) is 2.59. The van der Waals surface area contributed by atoms with E-state index in [0.29, 0.717) is 6.54 Å². The minimum absolute atomic E-state index is 0.116. The quantitative estimate of drug-likeness (QED) is 0.879. The molecule has 0 spiro atoms. The van der Waals surface area contributed by atoms with Crippen LogP contribution in [-0.4, -0.2) is 20.6 Å². The number of benzene rings is 1. The average Bonchev–Trinajstić information content (AvgIpc) is 2.85. The molecule has 18 heavy (non-hydrogen) atoms. The second-order valence-electron chi connectivity index (χ2n) is 4.19. The van der Waals surface area contributed by atoms with Gasteiger partial charge in [0, 0.05) is 18.3 Å². The van der Waals surface area contributed by atoms with Crippen molar-refractivity contribution in [3.8, 4) is 11.3 Å². The lowest BCUT2D eigenvalue weighted by Crippen LogP contribution is -2.02. The lowest BCUT2D eigenvalue weighted by molar-refractivity contribution is -0.137. The van der Waals surface area contributed by atoms with Gasteiger partial charge >= 0.3 is 5.97 Å². The zero-order chi connectivity index (χ0) is 13.0. The molecule has 1 aromatic heterocycles. The van der Waals surface area contributed by atoms with Crippen LogP contribution in [0.15, 0.2) is 36.8 Å². The highest BCUT2D eigenvalue weighted by molar-refractivity contribution is 5.66. The Kier molecular flexibility index (Phi) is 3.77. The van der Waals surface area contributed by atoms with Gasteiger partial charge in [0.25, 0.3) is 0 Å². The van der Waals surface area contributed by atoms with Crippen LogP contribution in [0.3, 0.4) is 0 Å². The third-order valence-electron chi connectivity index (χ3n) is 2.88. The Hall–Kier alpha value is -2.10. The van der Waals surface area contributed by atoms with Crippen molar-refractivity contribution in [2.24, 2.45) is 0 Å². The van der Waals surface area contributed by atoms with Crippen molar-refractivity contribution in [1.29, 1.82) is 0 Å². The smallest absolute Gasteiger partial charge is 0.305 e. The maximum Gasteiger partial charge on any atom is 0.305 e. The molecule has 1 aromatic carbocycles. The fraction of sp³-hybridized carbons (Fsp3) is 0.286. The number of aromatic nitrogens is 2. The van der Waals surface area contributed by atoms with Crippen LogP contribution >= 0.6 is 0 Å². The lowest BCUT2D eigenvalue weighted by Gasteiger charge is -1.99. The lowest BCUT2D eigenvalue weighted by atomic mass is 10.1. The third-order valence-corrected chi connectivity index (χ3v) is 2.88. The molecule has 2 rings (SSSR count). The number of carboxylic acid groups (broad SMARTS) is 1. The van der Waals surface area contributed by atoms with E-state index >= 15 is 0 Å². The summed E-state index contributed by atoms with van der Waals surface area (Å²) in [6, 6.07) is 8.27. The molecule has 2 aromatic rings. The summed E-state index contributed by atoms with van der Waals surface area (Å²) < 4.78 is 1.80. The second kappa shape index (κ2) is 5.49. The Bertz CT molecular complexity index is 529. The largest absolute Gasteiger partial charge is 0.481 e. The van der Waals surface area contributed by atoms with Crippen molar-refractivity contribution in [3.05, 3.63) is 42.4 Å². The van der Waals surface area contributed by atoms with Gasteiger partial charge in [0.1, 0.15) is 0 Å². The van der Waals surface area contributed by atoms with Gasteiger partial charge in [-0.15, -0.1) is 0 Å². The molecule has 0 amide bonds. The van der Waals surface area contributed by atoms with E-state index in [-0.39, 0.29) is 6.42 Å². The highest BCUT2D eigenvalue weighted by Gasteiger charge is 2.03. The average molecular weight is 244 g/mol. The van der Waals surface area contributed by atoms with Crippen LogP contribution in [-0.2, 0) is 17.8 Å². The first-order valence-electron chi connectivity index (χ1n) is 6.02. The minimum Gasteiger partial charge on any atom is -0.481 e. The minimum atomic E-state index is -0.794. The molecule has 0 bridgehead atoms. The summed E-state index contributed by atoms with van der Waals surface area (Å²) in [5, 5.41) is 8.62. The molecule has 1 heterocycles. The third kappa shape index (κ3) is 2.97. The van der Waals surface area contributed by atoms with Gasteiger partial charge in [0.2, 0.25) is 0 Å². The molecule has 0 fully saturated rings. The monoisotopic (exact) mass is 244 g/mol. The molecule has 0 unspecified atom stereocenters. The highest BCUT2D eigenvalue weighted by Crippen LogP contribution is 2.17. The van der Waals surface area contributed by atoms with Crippen molar-refractivity contribution in [1.82, 2.24) is 9.55 Å². The van der Waals surface area contributed by atoms with Gasteiger partial charge in [-0.25, -0.2) is 4.98 Å². The Morgan fingerprint density at radius 1 is 1.33 bits per heavy atom. The summed E-state index contributed by atoms with van der Waals surface area (Å²) in [4.78, 5) is 14.8. The Balaban J connectivity index is 2.10. The van der Waals surface area contributed by atoms with E-state index in [1.54, 1.807) is 10.9 Å². The molecule has 0 atom stereocenters. The fourth-order valence-corrected chi connectivity index (χ4v) is 1.77. The molecule has 0 aliphatic heterocycles. The standard InChI is InChI=1S/C14H16N2O2/c1-2-11-3-5-12(6-4-11)13-9-16(10-15-13)8-7-14(17)18/h3-6,9-10H,2,7-8H2,1H3,(H,17,18). The van der Waals surface area contributed by atoms with E-state index in [0.717, 1.165) is 17.7 Å². The molecular weight excluding hydrogens is 228 g/mol. The number of aliphatic carboxylic acids is 1. The molecule has 4 nitrogen and oxygen atoms in total. The van der Waals surface area contributed by atoms with Crippen LogP contribution in [0.5, 0.6) is 0 Å². The molecular formula is C14H16N2O2. The van der Waals surface area contributed by atoms with Gasteiger partial charge in [-0.05, 0) is 12.0 Å². The number of aryl methyl sites for hydroxylation is 2. The molecule has 1 N–H and O–H groups in total. The SMILES string of the molecule is CCc1ccc(-c2cn(CCC(=O)O)cn2)cc1. The van der Waals surface area contributed by atoms with E-state index in [2.05, 4.69) is 24.0 Å². The zero-order valence-electron chi connectivity index (χ0n) is 10.3. The van der Waals surface area contributed by atoms with Crippen molar-refractivity contribution in [2.75, 3.05) is 0 Å². The van der Waals surface area contributed by atoms with Crippen LogP contribution < -0.4 is 0 Å². The highest BCUT2D eigenvalue weighted by atomic mass is 16.4. The second-order valence-corrected chi connectivity index (χ2v) is 4.19. The van der Waals surface area contributed by atoms with Gasteiger partial charge in [0.05, 0.1) is 18.4 Å². The Morgan fingerprint density at radius 2 is 2.06 bits per heavy atom. The van der Waals surface area contributed by atoms with Crippen LogP contribution in [0.2, 0.25) is 0 Å². The molecule has 0 saturated carbocycles. The summed E-state index contributed by atoms with van der Waals surface area (Å²) in [7, 11) is 0. The van der Waals surface area contributed by atoms with Crippen molar-refractivity contribution < 1.29 is 9.90 Å². The number of hydrogen-bond acceptors (Lipinski definition) is 2. The molecule has 94 valence electrons. The van der Waals surface area contributed by atoms with E-state index in [1.165, 1.54) is 5.56 Å². The van der Waals surface area contributed by atoms with E-state index in [1.807, 2.05) is 18.3 Å². The summed E-state index contributed by atoms with van der Waals surface area (Å²) in [6.07, 6.45) is 4.69. The summed E-state index contributed by atoms with van der Waals surface area (Å²) >= 11 is 0. The number of carboxylic acids is 1. The van der Waals surface area contributed by atoms with Gasteiger partial charge in [-0.1, -0.05) is 31.2 Å². The van der Waals surface area contributed by atoms with E-state index in [4.69, 9.17) is 5.11 Å². The van der Waals surface area contributed by atoms with Crippen molar-refractivity contribution in [2.45, 2.75) is 26.3 Å². The zero-order valence-corrected chi connectivity index (χ0v) is 10.3. The summed E-state index contributed by atoms with van der Waals surface area (Å²) in [5.41, 5.74) is 3.23. The van der Waals surface area contributed by atoms with Gasteiger partial charge in [-0.3, -0.25) is 4.79 Å². The number of imidazole rings is 1. The molecule has 0 aliphatic carbocycles. The van der Waals surface area contributed by atoms with Gasteiger partial charge in [0.15, 0.2) is 0 Å². The first-order valence-corrected chi connectivity index (χ1v) is 6.02. The number of hydrogen-bond donors (Lipinski definition) is 1. The number of nitrogens with zero attached hydrogens (tertiary/aromatic N) is 2. The fourth-order valence-electron chi connectivity index (χ4n) is 1.77. The summed E-state index contributed by atoms with van der Waals surface area (Å²) in [5.74, 6) is -0.794. The van der Waals surface area contributed by atoms with Crippen molar-refractivity contribution >= 4 is 5.97 Å². The van der Waals surface area contributed by atoms with E-state index in [9.17, 15) is 4.79 Å². The van der Waals surface area contributed by atoms with E-state index < -0.39 is 5.97 Å². The maximum absolute atomic E-state index is 10.5. The summed E-state index contributed by atoms with van der Waals surface area (Å²) in [6.45, 7) is 2.57. The van der Waals surface area contributed by atoms with Crippen LogP contribution in [0.25, 0.3) is 11.3 Å². The van der Waals surface area contributed by atoms with Gasteiger partial charge in [-0.2, -0.15) is 0 Å². The molecule has 4 heteroatoms. The predicted molar refractivity (Wildman–Crippen MR) is 69.3 cm³/mol. The number of carbonyl (C=O) groups is 1. The van der Waals surface area contributed by atoms with Crippen LogP contribution in [0, 0.1) is 0 Å². The van der Waals surface area contributed by atoms with Gasteiger partial charge < -0.3 is 9.67 Å². The normalized spacial score (nSPS) is 10.5. The first-order chi connectivity index (χ1) is 8.69. The molecule has 0 saturated heterocycles. The Morgan fingerprint density at radius 3 is 2.67 bits per heavy atom. The first kappa shape index (κ1) is 12.4. The number of rotatable bonds is 5. The maximum atomic E-state index is 10.5. The molecule has 0 radical (unpaired) electrons. The Labute approximate surface area is 106 Å². The van der Waals surface area contributed by atoms with Crippen molar-refractivity contribution in [3.63, 3.8) is 0 Å². The molecule has 0 aliphatic rings. The van der Waals surface area contributed by atoms with Crippen LogP contribution in [0.4, 0.5) is 0 Å².